The van der Waals surface area contributed by atoms with Gasteiger partial charge in [-0.25, -0.2) is 0 Å². The number of carboxylic acids is 2. The largest absolute Gasteiger partial charge is 0.481 e. The summed E-state index contributed by atoms with van der Waals surface area (Å²) in [6, 6.07) is 7.54. The second kappa shape index (κ2) is 7.68. The lowest BCUT2D eigenvalue weighted by Crippen LogP contribution is -2.19. The molecule has 0 amide bonds. The molecule has 2 atom stereocenters. The van der Waals surface area contributed by atoms with Crippen molar-refractivity contribution in [2.75, 3.05) is 0 Å². The number of rotatable bonds is 8. The summed E-state index contributed by atoms with van der Waals surface area (Å²) in [4.78, 5) is 22.3. The Morgan fingerprint density at radius 3 is 1.50 bits per heavy atom. The summed E-state index contributed by atoms with van der Waals surface area (Å²) >= 11 is 0. The highest BCUT2D eigenvalue weighted by atomic mass is 16.4. The molecule has 1 aromatic rings. The molecule has 0 radical (unpaired) electrons. The average molecular weight is 278 g/mol. The van der Waals surface area contributed by atoms with E-state index in [9.17, 15) is 9.59 Å². The molecule has 0 bridgehead atoms. The van der Waals surface area contributed by atoms with Gasteiger partial charge in [0.1, 0.15) is 0 Å². The molecule has 4 nitrogen and oxygen atoms in total. The lowest BCUT2D eigenvalue weighted by atomic mass is 9.89. The van der Waals surface area contributed by atoms with Crippen LogP contribution in [0.4, 0.5) is 0 Å². The van der Waals surface area contributed by atoms with Crippen LogP contribution in [-0.2, 0) is 22.4 Å². The van der Waals surface area contributed by atoms with E-state index in [1.807, 2.05) is 38.1 Å². The van der Waals surface area contributed by atoms with Crippen LogP contribution in [0.3, 0.4) is 0 Å². The van der Waals surface area contributed by atoms with Crippen LogP contribution in [0.2, 0.25) is 0 Å². The zero-order chi connectivity index (χ0) is 15.1. The Bertz CT molecular complexity index is 424. The monoisotopic (exact) mass is 278 g/mol. The summed E-state index contributed by atoms with van der Waals surface area (Å²) in [5, 5.41) is 18.3. The number of carbonyl (C=O) groups is 2. The molecule has 0 aliphatic heterocycles. The average Bonchev–Trinajstić information content (AvgIpc) is 2.42. The highest BCUT2D eigenvalue weighted by Gasteiger charge is 2.20. The van der Waals surface area contributed by atoms with Crippen LogP contribution >= 0.6 is 0 Å². The molecule has 0 saturated carbocycles. The SMILES string of the molecule is CCC(Cc1ccccc1CC(CC)C(=O)O)C(=O)O. The van der Waals surface area contributed by atoms with Gasteiger partial charge in [-0.3, -0.25) is 9.59 Å². The van der Waals surface area contributed by atoms with E-state index < -0.39 is 23.8 Å². The predicted octanol–water partition coefficient (Wildman–Crippen LogP) is 2.99. The van der Waals surface area contributed by atoms with Crippen molar-refractivity contribution in [3.63, 3.8) is 0 Å². The molecule has 20 heavy (non-hydrogen) atoms. The van der Waals surface area contributed by atoms with Crippen molar-refractivity contribution in [3.8, 4) is 0 Å². The molecule has 4 heteroatoms. The molecular weight excluding hydrogens is 256 g/mol. The van der Waals surface area contributed by atoms with Crippen molar-refractivity contribution in [1.82, 2.24) is 0 Å². The van der Waals surface area contributed by atoms with Gasteiger partial charge in [0.15, 0.2) is 0 Å². The highest BCUT2D eigenvalue weighted by Crippen LogP contribution is 2.21. The third-order valence-electron chi connectivity index (χ3n) is 3.74. The molecule has 0 heterocycles. The fourth-order valence-corrected chi connectivity index (χ4v) is 2.30. The molecule has 1 aromatic carbocycles. The quantitative estimate of drug-likeness (QED) is 0.766. The van der Waals surface area contributed by atoms with Crippen LogP contribution in [0.15, 0.2) is 24.3 Å². The maximum atomic E-state index is 11.1. The van der Waals surface area contributed by atoms with Gasteiger partial charge in [0.2, 0.25) is 0 Å². The van der Waals surface area contributed by atoms with Crippen LogP contribution in [-0.4, -0.2) is 22.2 Å². The van der Waals surface area contributed by atoms with Gasteiger partial charge < -0.3 is 10.2 Å². The second-order valence-electron chi connectivity index (χ2n) is 5.06. The third kappa shape index (κ3) is 4.37. The second-order valence-corrected chi connectivity index (χ2v) is 5.06. The number of hydrogen-bond acceptors (Lipinski definition) is 2. The summed E-state index contributed by atoms with van der Waals surface area (Å²) in [7, 11) is 0. The van der Waals surface area contributed by atoms with Gasteiger partial charge in [-0.1, -0.05) is 38.1 Å². The van der Waals surface area contributed by atoms with Gasteiger partial charge in [-0.05, 0) is 36.8 Å². The van der Waals surface area contributed by atoms with Crippen LogP contribution in [0.25, 0.3) is 0 Å². The van der Waals surface area contributed by atoms with Gasteiger partial charge in [0.05, 0.1) is 11.8 Å². The molecule has 0 fully saturated rings. The van der Waals surface area contributed by atoms with E-state index in [4.69, 9.17) is 10.2 Å². The van der Waals surface area contributed by atoms with Crippen molar-refractivity contribution in [2.45, 2.75) is 39.5 Å². The first-order chi connectivity index (χ1) is 9.49. The highest BCUT2D eigenvalue weighted by molar-refractivity contribution is 5.71. The van der Waals surface area contributed by atoms with E-state index in [1.165, 1.54) is 0 Å². The third-order valence-corrected chi connectivity index (χ3v) is 3.74. The Morgan fingerprint density at radius 2 is 1.25 bits per heavy atom. The van der Waals surface area contributed by atoms with Crippen LogP contribution < -0.4 is 0 Å². The molecule has 2 N–H and O–H groups in total. The molecule has 0 aromatic heterocycles. The number of hydrogen-bond donors (Lipinski definition) is 2. The van der Waals surface area contributed by atoms with E-state index in [-0.39, 0.29) is 0 Å². The molecule has 0 saturated heterocycles. The van der Waals surface area contributed by atoms with E-state index in [2.05, 4.69) is 0 Å². The predicted molar refractivity (Wildman–Crippen MR) is 76.7 cm³/mol. The van der Waals surface area contributed by atoms with Crippen molar-refractivity contribution < 1.29 is 19.8 Å². The first-order valence-electron chi connectivity index (χ1n) is 7.01. The molecule has 2 unspecified atom stereocenters. The lowest BCUT2D eigenvalue weighted by Gasteiger charge is -2.16. The Labute approximate surface area is 119 Å². The first-order valence-corrected chi connectivity index (χ1v) is 7.01. The summed E-state index contributed by atoms with van der Waals surface area (Å²) < 4.78 is 0. The minimum Gasteiger partial charge on any atom is -0.481 e. The fourth-order valence-electron chi connectivity index (χ4n) is 2.30. The topological polar surface area (TPSA) is 74.6 Å². The summed E-state index contributed by atoms with van der Waals surface area (Å²) in [6.07, 6.45) is 2.05. The van der Waals surface area contributed by atoms with E-state index in [1.54, 1.807) is 0 Å². The Balaban J connectivity index is 2.92. The maximum Gasteiger partial charge on any atom is 0.306 e. The number of aliphatic carboxylic acids is 2. The zero-order valence-electron chi connectivity index (χ0n) is 12.0. The summed E-state index contributed by atoms with van der Waals surface area (Å²) in [6.45, 7) is 3.71. The van der Waals surface area contributed by atoms with Gasteiger partial charge in [-0.15, -0.1) is 0 Å². The minimum absolute atomic E-state index is 0.416. The van der Waals surface area contributed by atoms with Gasteiger partial charge in [0, 0.05) is 0 Å². The van der Waals surface area contributed by atoms with Crippen LogP contribution in [0, 0.1) is 11.8 Å². The van der Waals surface area contributed by atoms with Crippen LogP contribution in [0.1, 0.15) is 37.8 Å². The van der Waals surface area contributed by atoms with Gasteiger partial charge >= 0.3 is 11.9 Å². The Hall–Kier alpha value is -1.84. The molecule has 0 spiro atoms. The summed E-state index contributed by atoms with van der Waals surface area (Å²) in [5.41, 5.74) is 1.89. The van der Waals surface area contributed by atoms with E-state index >= 15 is 0 Å². The Morgan fingerprint density at radius 1 is 0.900 bits per heavy atom. The fraction of sp³-hybridized carbons (Fsp3) is 0.500. The smallest absolute Gasteiger partial charge is 0.306 e. The van der Waals surface area contributed by atoms with Crippen molar-refractivity contribution >= 4 is 11.9 Å². The molecular formula is C16H22O4. The molecule has 0 aliphatic carbocycles. The first kappa shape index (κ1) is 16.2. The van der Waals surface area contributed by atoms with Gasteiger partial charge in [0.25, 0.3) is 0 Å². The molecule has 0 aliphatic rings. The van der Waals surface area contributed by atoms with E-state index in [0.29, 0.717) is 25.7 Å². The number of benzene rings is 1. The lowest BCUT2D eigenvalue weighted by molar-refractivity contribution is -0.142. The van der Waals surface area contributed by atoms with Crippen molar-refractivity contribution in [2.24, 2.45) is 11.8 Å². The van der Waals surface area contributed by atoms with E-state index in [0.717, 1.165) is 11.1 Å². The van der Waals surface area contributed by atoms with Crippen molar-refractivity contribution in [3.05, 3.63) is 35.4 Å². The number of carboxylic acid groups (broad SMARTS) is 2. The Kier molecular flexibility index (Phi) is 6.22. The molecule has 110 valence electrons. The van der Waals surface area contributed by atoms with Crippen molar-refractivity contribution in [1.29, 1.82) is 0 Å². The normalized spacial score (nSPS) is 13.7. The standard InChI is InChI=1S/C16H22O4/c1-3-11(15(17)18)9-13-7-5-6-8-14(13)10-12(4-2)16(19)20/h5-8,11-12H,3-4,9-10H2,1-2H3,(H,17,18)(H,19,20). The molecule has 1 rings (SSSR count). The van der Waals surface area contributed by atoms with Gasteiger partial charge in [-0.2, -0.15) is 0 Å². The zero-order valence-corrected chi connectivity index (χ0v) is 12.0. The minimum atomic E-state index is -0.799. The van der Waals surface area contributed by atoms with Crippen LogP contribution in [0.5, 0.6) is 0 Å². The maximum absolute atomic E-state index is 11.1. The summed E-state index contributed by atoms with van der Waals surface area (Å²) in [5.74, 6) is -2.43.